The van der Waals surface area contributed by atoms with E-state index in [1.807, 2.05) is 0 Å². The molecule has 0 saturated carbocycles. The number of hydrogen-bond donors (Lipinski definition) is 2. The molecule has 0 aromatic carbocycles. The fourth-order valence-corrected chi connectivity index (χ4v) is 1.05. The molecule has 0 heterocycles. The molecule has 4 heteroatoms. The second-order valence-electron chi connectivity index (χ2n) is 4.29. The van der Waals surface area contributed by atoms with E-state index in [1.165, 1.54) is 6.42 Å². The van der Waals surface area contributed by atoms with Crippen molar-refractivity contribution < 1.29 is 0 Å². The van der Waals surface area contributed by atoms with Gasteiger partial charge in [0, 0.05) is 19.1 Å². The van der Waals surface area contributed by atoms with Gasteiger partial charge in [0.1, 0.15) is 0 Å². The zero-order chi connectivity index (χ0) is 11.7. The van der Waals surface area contributed by atoms with E-state index in [0.29, 0.717) is 12.0 Å². The van der Waals surface area contributed by atoms with Gasteiger partial charge in [-0.3, -0.25) is 4.99 Å². The predicted octanol–water partition coefficient (Wildman–Crippen LogP) is 3.00. The molecule has 0 rings (SSSR count). The van der Waals surface area contributed by atoms with E-state index in [1.54, 1.807) is 0 Å². The Morgan fingerprint density at radius 1 is 1.19 bits per heavy atom. The van der Waals surface area contributed by atoms with Crippen LogP contribution in [0.15, 0.2) is 4.99 Å². The van der Waals surface area contributed by atoms with Crippen LogP contribution in [0, 0.1) is 5.92 Å². The molecular weight excluding hydrogens is 313 g/mol. The van der Waals surface area contributed by atoms with Crippen LogP contribution in [-0.4, -0.2) is 25.1 Å². The molecule has 16 heavy (non-hydrogen) atoms. The lowest BCUT2D eigenvalue weighted by atomic mass is 10.1. The first-order valence-electron chi connectivity index (χ1n) is 6.16. The number of unbranched alkanes of at least 4 members (excludes halogenated alkanes) is 1. The second-order valence-corrected chi connectivity index (χ2v) is 4.29. The Hall–Kier alpha value is 0. The first kappa shape index (κ1) is 18.4. The highest BCUT2D eigenvalue weighted by atomic mass is 127. The third-order valence-electron chi connectivity index (χ3n) is 2.49. The lowest BCUT2D eigenvalue weighted by molar-refractivity contribution is 0.481. The highest BCUT2D eigenvalue weighted by Gasteiger charge is 2.08. The van der Waals surface area contributed by atoms with Crippen LogP contribution in [0.25, 0.3) is 0 Å². The molecule has 0 aliphatic rings. The van der Waals surface area contributed by atoms with Crippen LogP contribution >= 0.6 is 24.0 Å². The Balaban J connectivity index is 0. The maximum atomic E-state index is 4.52. The van der Waals surface area contributed by atoms with Crippen LogP contribution in [0.1, 0.15) is 47.5 Å². The van der Waals surface area contributed by atoms with Crippen LogP contribution in [0.3, 0.4) is 0 Å². The van der Waals surface area contributed by atoms with Crippen molar-refractivity contribution in [3.8, 4) is 0 Å². The number of guanidine groups is 1. The molecule has 3 nitrogen and oxygen atoms in total. The fraction of sp³-hybridized carbons (Fsp3) is 0.917. The first-order chi connectivity index (χ1) is 7.11. The molecule has 0 aliphatic carbocycles. The Kier molecular flexibility index (Phi) is 13.2. The molecule has 0 amide bonds. The number of nitrogens with zero attached hydrogens (tertiary/aromatic N) is 1. The Morgan fingerprint density at radius 2 is 1.81 bits per heavy atom. The molecule has 0 bridgehead atoms. The highest BCUT2D eigenvalue weighted by molar-refractivity contribution is 14.0. The molecule has 0 aliphatic heterocycles. The predicted molar refractivity (Wildman–Crippen MR) is 83.7 cm³/mol. The molecule has 1 atom stereocenters. The van der Waals surface area contributed by atoms with E-state index >= 15 is 0 Å². The zero-order valence-electron chi connectivity index (χ0n) is 11.3. The van der Waals surface area contributed by atoms with Crippen LogP contribution in [0.5, 0.6) is 0 Å². The summed E-state index contributed by atoms with van der Waals surface area (Å²) in [5, 5.41) is 6.68. The minimum atomic E-state index is 0. The lowest BCUT2D eigenvalue weighted by Gasteiger charge is -2.20. The molecule has 98 valence electrons. The molecule has 1 unspecified atom stereocenters. The highest BCUT2D eigenvalue weighted by Crippen LogP contribution is 1.99. The van der Waals surface area contributed by atoms with Crippen LogP contribution in [-0.2, 0) is 0 Å². The van der Waals surface area contributed by atoms with Crippen molar-refractivity contribution in [1.82, 2.24) is 10.6 Å². The van der Waals surface area contributed by atoms with Crippen molar-refractivity contribution in [3.05, 3.63) is 0 Å². The van der Waals surface area contributed by atoms with E-state index in [4.69, 9.17) is 0 Å². The molecule has 2 N–H and O–H groups in total. The summed E-state index contributed by atoms with van der Waals surface area (Å²) in [6.45, 7) is 12.7. The van der Waals surface area contributed by atoms with Crippen molar-refractivity contribution in [1.29, 1.82) is 0 Å². The first-order valence-corrected chi connectivity index (χ1v) is 6.16. The summed E-state index contributed by atoms with van der Waals surface area (Å²) in [4.78, 5) is 4.52. The number of aliphatic imine (C=N–C) groups is 1. The van der Waals surface area contributed by atoms with Gasteiger partial charge in [-0.1, -0.05) is 27.2 Å². The maximum Gasteiger partial charge on any atom is 0.191 e. The van der Waals surface area contributed by atoms with Gasteiger partial charge < -0.3 is 10.6 Å². The summed E-state index contributed by atoms with van der Waals surface area (Å²) >= 11 is 0. The largest absolute Gasteiger partial charge is 0.357 e. The SMILES string of the molecule is CCCCN=C(NCC)NC(C)C(C)C.I. The third kappa shape index (κ3) is 9.24. The summed E-state index contributed by atoms with van der Waals surface area (Å²) in [5.41, 5.74) is 0. The van der Waals surface area contributed by atoms with Gasteiger partial charge in [-0.15, -0.1) is 24.0 Å². The third-order valence-corrected chi connectivity index (χ3v) is 2.49. The molecule has 0 radical (unpaired) electrons. The standard InChI is InChI=1S/C12H27N3.HI/c1-6-8-9-14-12(13-7-2)15-11(5)10(3)4;/h10-11H,6-9H2,1-5H3,(H2,13,14,15);1H. The van der Waals surface area contributed by atoms with Crippen molar-refractivity contribution in [2.24, 2.45) is 10.9 Å². The molecule has 0 spiro atoms. The average molecular weight is 341 g/mol. The Labute approximate surface area is 118 Å². The van der Waals surface area contributed by atoms with Gasteiger partial charge in [-0.2, -0.15) is 0 Å². The van der Waals surface area contributed by atoms with E-state index in [-0.39, 0.29) is 24.0 Å². The van der Waals surface area contributed by atoms with E-state index in [2.05, 4.69) is 50.2 Å². The Morgan fingerprint density at radius 3 is 2.25 bits per heavy atom. The summed E-state index contributed by atoms with van der Waals surface area (Å²) in [6.07, 6.45) is 2.36. The van der Waals surface area contributed by atoms with Gasteiger partial charge >= 0.3 is 0 Å². The minimum absolute atomic E-state index is 0. The van der Waals surface area contributed by atoms with E-state index in [9.17, 15) is 0 Å². The second kappa shape index (κ2) is 11.5. The molecule has 0 aromatic heterocycles. The van der Waals surface area contributed by atoms with Gasteiger partial charge in [-0.05, 0) is 26.2 Å². The Bertz CT molecular complexity index is 181. The average Bonchev–Trinajstić information content (AvgIpc) is 2.18. The summed E-state index contributed by atoms with van der Waals surface area (Å²) in [7, 11) is 0. The van der Waals surface area contributed by atoms with Crippen molar-refractivity contribution >= 4 is 29.9 Å². The summed E-state index contributed by atoms with van der Waals surface area (Å²) < 4.78 is 0. The normalized spacial score (nSPS) is 13.2. The smallest absolute Gasteiger partial charge is 0.191 e. The van der Waals surface area contributed by atoms with Crippen LogP contribution < -0.4 is 10.6 Å². The number of nitrogens with one attached hydrogen (secondary N) is 2. The van der Waals surface area contributed by atoms with Crippen LogP contribution in [0.4, 0.5) is 0 Å². The van der Waals surface area contributed by atoms with Gasteiger partial charge in [0.2, 0.25) is 0 Å². The quantitative estimate of drug-likeness (QED) is 0.337. The van der Waals surface area contributed by atoms with E-state index < -0.39 is 0 Å². The van der Waals surface area contributed by atoms with Crippen molar-refractivity contribution in [3.63, 3.8) is 0 Å². The molecule has 0 saturated heterocycles. The fourth-order valence-electron chi connectivity index (χ4n) is 1.05. The number of hydrogen-bond acceptors (Lipinski definition) is 1. The van der Waals surface area contributed by atoms with E-state index in [0.717, 1.165) is 25.5 Å². The summed E-state index contributed by atoms with van der Waals surface area (Å²) in [5.74, 6) is 1.58. The minimum Gasteiger partial charge on any atom is -0.357 e. The van der Waals surface area contributed by atoms with Gasteiger partial charge in [0.25, 0.3) is 0 Å². The number of rotatable bonds is 6. The monoisotopic (exact) mass is 341 g/mol. The van der Waals surface area contributed by atoms with Gasteiger partial charge in [0.15, 0.2) is 5.96 Å². The van der Waals surface area contributed by atoms with Gasteiger partial charge in [-0.25, -0.2) is 0 Å². The maximum absolute atomic E-state index is 4.52. The number of halogens is 1. The van der Waals surface area contributed by atoms with Crippen molar-refractivity contribution in [2.45, 2.75) is 53.5 Å². The summed E-state index contributed by atoms with van der Waals surface area (Å²) in [6, 6.07) is 0.462. The molecular formula is C12H28IN3. The van der Waals surface area contributed by atoms with Crippen molar-refractivity contribution in [2.75, 3.05) is 13.1 Å². The topological polar surface area (TPSA) is 36.4 Å². The zero-order valence-corrected chi connectivity index (χ0v) is 13.7. The molecule has 0 fully saturated rings. The van der Waals surface area contributed by atoms with Crippen LogP contribution in [0.2, 0.25) is 0 Å². The molecule has 0 aromatic rings. The lowest BCUT2D eigenvalue weighted by Crippen LogP contribution is -2.44. The van der Waals surface area contributed by atoms with Gasteiger partial charge in [0.05, 0.1) is 0 Å².